The molecule has 0 saturated heterocycles. The lowest BCUT2D eigenvalue weighted by Gasteiger charge is -2.14. The van der Waals surface area contributed by atoms with Gasteiger partial charge in [0.15, 0.2) is 0 Å². The van der Waals surface area contributed by atoms with E-state index in [0.717, 1.165) is 16.9 Å². The number of carbonyl (C=O) groups excluding carboxylic acids is 2. The smallest absolute Gasteiger partial charge is 0.259 e. The molecule has 0 aliphatic heterocycles. The Labute approximate surface area is 138 Å². The van der Waals surface area contributed by atoms with Gasteiger partial charge in [0.05, 0.1) is 16.4 Å². The van der Waals surface area contributed by atoms with Crippen LogP contribution in [0.15, 0.2) is 30.3 Å². The zero-order valence-corrected chi connectivity index (χ0v) is 13.7. The number of carbonyl (C=O) groups is 2. The van der Waals surface area contributed by atoms with E-state index in [-0.39, 0.29) is 11.8 Å². The largest absolute Gasteiger partial charge is 0.365 e. The van der Waals surface area contributed by atoms with Crippen molar-refractivity contribution in [3.05, 3.63) is 51.9 Å². The van der Waals surface area contributed by atoms with Gasteiger partial charge < -0.3 is 11.1 Å². The lowest BCUT2D eigenvalue weighted by atomic mass is 9.96. The van der Waals surface area contributed by atoms with Crippen molar-refractivity contribution in [3.63, 3.8) is 0 Å². The Bertz CT molecular complexity index is 775. The van der Waals surface area contributed by atoms with Crippen LogP contribution in [0, 0.1) is 18.3 Å². The van der Waals surface area contributed by atoms with Crippen LogP contribution in [-0.4, -0.2) is 11.8 Å². The van der Waals surface area contributed by atoms with Crippen LogP contribution < -0.4 is 11.1 Å². The monoisotopic (exact) mass is 327 g/mol. The molecule has 2 rings (SSSR count). The summed E-state index contributed by atoms with van der Waals surface area (Å²) in [6, 6.07) is 11.5. The van der Waals surface area contributed by atoms with E-state index in [4.69, 9.17) is 5.73 Å². The first kappa shape index (κ1) is 16.7. The van der Waals surface area contributed by atoms with E-state index in [1.54, 1.807) is 6.92 Å². The van der Waals surface area contributed by atoms with Crippen LogP contribution in [0.2, 0.25) is 0 Å². The van der Waals surface area contributed by atoms with Crippen LogP contribution in [0.5, 0.6) is 0 Å². The molecule has 1 aromatic heterocycles. The number of anilines is 1. The molecule has 23 heavy (non-hydrogen) atoms. The highest BCUT2D eigenvalue weighted by molar-refractivity contribution is 7.18. The van der Waals surface area contributed by atoms with Crippen LogP contribution in [0.1, 0.15) is 45.6 Å². The van der Waals surface area contributed by atoms with Gasteiger partial charge in [-0.05, 0) is 24.5 Å². The standard InChI is InChI=1S/C17H17N3O2S/c1-3-12(11-7-5-4-6-8-11)16(22)20-17-13(9-18)10(2)14(23-17)15(19)21/h4-8,12H,3H2,1-2H3,(H2,19,21)(H,20,22)/t12-/m1/s1. The van der Waals surface area contributed by atoms with Gasteiger partial charge in [0, 0.05) is 0 Å². The van der Waals surface area contributed by atoms with Crippen molar-refractivity contribution in [1.82, 2.24) is 0 Å². The van der Waals surface area contributed by atoms with E-state index in [9.17, 15) is 14.9 Å². The summed E-state index contributed by atoms with van der Waals surface area (Å²) in [5, 5.41) is 12.4. The van der Waals surface area contributed by atoms with Crippen molar-refractivity contribution < 1.29 is 9.59 Å². The van der Waals surface area contributed by atoms with E-state index < -0.39 is 5.91 Å². The number of primary amides is 1. The average Bonchev–Trinajstić information content (AvgIpc) is 2.85. The van der Waals surface area contributed by atoms with Gasteiger partial charge in [0.25, 0.3) is 5.91 Å². The minimum absolute atomic E-state index is 0.201. The van der Waals surface area contributed by atoms with Gasteiger partial charge in [0.2, 0.25) is 5.91 Å². The first-order valence-corrected chi connectivity index (χ1v) is 8.00. The molecule has 3 N–H and O–H groups in total. The van der Waals surface area contributed by atoms with Crippen LogP contribution in [-0.2, 0) is 4.79 Å². The summed E-state index contributed by atoms with van der Waals surface area (Å²) < 4.78 is 0. The molecule has 0 bridgehead atoms. The van der Waals surface area contributed by atoms with Gasteiger partial charge in [-0.15, -0.1) is 11.3 Å². The van der Waals surface area contributed by atoms with Crippen molar-refractivity contribution >= 4 is 28.2 Å². The summed E-state index contributed by atoms with van der Waals surface area (Å²) in [4.78, 5) is 24.3. The molecule has 0 unspecified atom stereocenters. The summed E-state index contributed by atoms with van der Waals surface area (Å²) in [5.41, 5.74) is 7.02. The minimum Gasteiger partial charge on any atom is -0.365 e. The molecule has 0 radical (unpaired) electrons. The lowest BCUT2D eigenvalue weighted by molar-refractivity contribution is -0.117. The van der Waals surface area contributed by atoms with Crippen molar-refractivity contribution in [2.45, 2.75) is 26.2 Å². The second-order valence-corrected chi connectivity index (χ2v) is 6.12. The summed E-state index contributed by atoms with van der Waals surface area (Å²) in [6.07, 6.45) is 0.630. The molecule has 5 nitrogen and oxygen atoms in total. The molecular weight excluding hydrogens is 310 g/mol. The van der Waals surface area contributed by atoms with Gasteiger partial charge in [-0.1, -0.05) is 37.3 Å². The normalized spacial score (nSPS) is 11.5. The summed E-state index contributed by atoms with van der Waals surface area (Å²) in [5.74, 6) is -1.12. The van der Waals surface area contributed by atoms with Crippen LogP contribution in [0.25, 0.3) is 0 Å². The van der Waals surface area contributed by atoms with Gasteiger partial charge >= 0.3 is 0 Å². The summed E-state index contributed by atoms with van der Waals surface area (Å²) in [7, 11) is 0. The van der Waals surface area contributed by atoms with Crippen molar-refractivity contribution in [2.75, 3.05) is 5.32 Å². The second kappa shape index (κ2) is 7.07. The highest BCUT2D eigenvalue weighted by atomic mass is 32.1. The number of benzene rings is 1. The Morgan fingerprint density at radius 3 is 2.52 bits per heavy atom. The molecular formula is C17H17N3O2S. The average molecular weight is 327 g/mol. The maximum absolute atomic E-state index is 12.6. The molecule has 0 aliphatic carbocycles. The zero-order valence-electron chi connectivity index (χ0n) is 12.9. The molecule has 1 heterocycles. The van der Waals surface area contributed by atoms with Gasteiger partial charge in [-0.3, -0.25) is 9.59 Å². The van der Waals surface area contributed by atoms with Crippen molar-refractivity contribution in [1.29, 1.82) is 5.26 Å². The van der Waals surface area contributed by atoms with E-state index in [1.807, 2.05) is 43.3 Å². The van der Waals surface area contributed by atoms with E-state index in [0.29, 0.717) is 27.4 Å². The molecule has 0 fully saturated rings. The molecule has 1 aromatic carbocycles. The van der Waals surface area contributed by atoms with Crippen LogP contribution in [0.4, 0.5) is 5.00 Å². The number of nitrogens with zero attached hydrogens (tertiary/aromatic N) is 1. The first-order valence-electron chi connectivity index (χ1n) is 7.18. The highest BCUT2D eigenvalue weighted by Crippen LogP contribution is 2.33. The fourth-order valence-corrected chi connectivity index (χ4v) is 3.44. The third-order valence-electron chi connectivity index (χ3n) is 3.65. The number of thiophene rings is 1. The lowest BCUT2D eigenvalue weighted by Crippen LogP contribution is -2.20. The van der Waals surface area contributed by atoms with Gasteiger partial charge in [-0.25, -0.2) is 0 Å². The third kappa shape index (κ3) is 3.41. The van der Waals surface area contributed by atoms with Gasteiger partial charge in [-0.2, -0.15) is 5.26 Å². The SMILES string of the molecule is CC[C@@H](C(=O)Nc1sc(C(N)=O)c(C)c1C#N)c1ccccc1. The number of hydrogen-bond acceptors (Lipinski definition) is 4. The number of rotatable bonds is 5. The minimum atomic E-state index is -0.598. The Morgan fingerprint density at radius 2 is 2.00 bits per heavy atom. The highest BCUT2D eigenvalue weighted by Gasteiger charge is 2.23. The second-order valence-electron chi connectivity index (χ2n) is 5.10. The molecule has 2 aromatic rings. The predicted molar refractivity (Wildman–Crippen MR) is 90.4 cm³/mol. The maximum Gasteiger partial charge on any atom is 0.259 e. The summed E-state index contributed by atoms with van der Waals surface area (Å²) in [6.45, 7) is 3.58. The Balaban J connectivity index is 2.31. The number of amides is 2. The van der Waals surface area contributed by atoms with Crippen molar-refractivity contribution in [2.24, 2.45) is 5.73 Å². The van der Waals surface area contributed by atoms with Crippen LogP contribution >= 0.6 is 11.3 Å². The molecule has 1 atom stereocenters. The molecule has 2 amide bonds. The number of nitrogens with two attached hydrogens (primary N) is 1. The number of nitriles is 1. The van der Waals surface area contributed by atoms with E-state index in [1.165, 1.54) is 0 Å². The molecule has 6 heteroatoms. The van der Waals surface area contributed by atoms with E-state index in [2.05, 4.69) is 5.32 Å². The molecule has 118 valence electrons. The third-order valence-corrected chi connectivity index (χ3v) is 4.87. The Kier molecular flexibility index (Phi) is 5.14. The van der Waals surface area contributed by atoms with Crippen LogP contribution in [0.3, 0.4) is 0 Å². The Morgan fingerprint density at radius 1 is 1.35 bits per heavy atom. The summed E-state index contributed by atoms with van der Waals surface area (Å²) >= 11 is 1.04. The molecule has 0 aliphatic rings. The van der Waals surface area contributed by atoms with Crippen molar-refractivity contribution in [3.8, 4) is 6.07 Å². The first-order chi connectivity index (χ1) is 11.0. The fraction of sp³-hybridized carbons (Fsp3) is 0.235. The predicted octanol–water partition coefficient (Wildman–Crippen LogP) is 3.16. The number of nitrogens with one attached hydrogen (secondary N) is 1. The Hall–Kier alpha value is -2.65. The fourth-order valence-electron chi connectivity index (χ4n) is 2.43. The number of hydrogen-bond donors (Lipinski definition) is 2. The van der Waals surface area contributed by atoms with E-state index >= 15 is 0 Å². The van der Waals surface area contributed by atoms with Gasteiger partial charge in [0.1, 0.15) is 11.1 Å². The topological polar surface area (TPSA) is 96.0 Å². The quantitative estimate of drug-likeness (QED) is 0.883. The zero-order chi connectivity index (χ0) is 17.0. The maximum atomic E-state index is 12.6. The molecule has 0 spiro atoms. The molecule has 0 saturated carbocycles.